The molecular formula is C15H22N2O2. The Morgan fingerprint density at radius 1 is 1.42 bits per heavy atom. The Morgan fingerprint density at radius 3 is 2.84 bits per heavy atom. The minimum Gasteiger partial charge on any atom is -0.462 e. The van der Waals surface area contributed by atoms with E-state index >= 15 is 0 Å². The summed E-state index contributed by atoms with van der Waals surface area (Å²) in [6.45, 7) is 5.43. The van der Waals surface area contributed by atoms with E-state index in [9.17, 15) is 4.79 Å². The Morgan fingerprint density at radius 2 is 2.21 bits per heavy atom. The lowest BCUT2D eigenvalue weighted by atomic mass is 10.00. The van der Waals surface area contributed by atoms with Gasteiger partial charge in [0.05, 0.1) is 12.2 Å². The Bertz CT molecular complexity index is 397. The average Bonchev–Trinajstić information content (AvgIpc) is 2.47. The number of esters is 1. The fourth-order valence-corrected chi connectivity index (χ4v) is 2.30. The second-order valence-corrected chi connectivity index (χ2v) is 4.89. The number of ether oxygens (including phenoxy) is 1. The van der Waals surface area contributed by atoms with Crippen LogP contribution in [0.4, 0.5) is 5.69 Å². The maximum absolute atomic E-state index is 11.5. The third-order valence-electron chi connectivity index (χ3n) is 3.39. The summed E-state index contributed by atoms with van der Waals surface area (Å²) >= 11 is 0. The molecule has 0 bridgehead atoms. The zero-order chi connectivity index (χ0) is 13.5. The van der Waals surface area contributed by atoms with Crippen LogP contribution in [-0.4, -0.2) is 32.2 Å². The number of hydrogen-bond acceptors (Lipinski definition) is 4. The van der Waals surface area contributed by atoms with Crippen LogP contribution in [0, 0.1) is 5.92 Å². The van der Waals surface area contributed by atoms with Crippen LogP contribution in [0.1, 0.15) is 30.1 Å². The summed E-state index contributed by atoms with van der Waals surface area (Å²) in [7, 11) is 0. The van der Waals surface area contributed by atoms with Crippen molar-refractivity contribution in [2.75, 3.05) is 31.6 Å². The van der Waals surface area contributed by atoms with E-state index in [2.05, 4.69) is 10.6 Å². The van der Waals surface area contributed by atoms with Gasteiger partial charge in [-0.05, 0) is 63.0 Å². The van der Waals surface area contributed by atoms with Gasteiger partial charge in [0.25, 0.3) is 0 Å². The zero-order valence-electron chi connectivity index (χ0n) is 11.4. The van der Waals surface area contributed by atoms with Crippen molar-refractivity contribution in [1.82, 2.24) is 5.32 Å². The SMILES string of the molecule is CCOC(=O)c1ccc(NCC2CCCNC2)cc1. The van der Waals surface area contributed by atoms with Crippen molar-refractivity contribution in [1.29, 1.82) is 0 Å². The first-order valence-corrected chi connectivity index (χ1v) is 7.01. The standard InChI is InChI=1S/C15H22N2O2/c1-2-19-15(18)13-5-7-14(8-6-13)17-11-12-4-3-9-16-10-12/h5-8,12,16-17H,2-4,9-11H2,1H3. The summed E-state index contributed by atoms with van der Waals surface area (Å²) in [5.74, 6) is 0.434. The van der Waals surface area contributed by atoms with Crippen molar-refractivity contribution >= 4 is 11.7 Å². The number of benzene rings is 1. The summed E-state index contributed by atoms with van der Waals surface area (Å²) < 4.78 is 4.96. The minimum atomic E-state index is -0.259. The summed E-state index contributed by atoms with van der Waals surface area (Å²) in [5.41, 5.74) is 1.66. The van der Waals surface area contributed by atoms with Gasteiger partial charge >= 0.3 is 5.97 Å². The molecule has 1 aliphatic rings. The number of piperidine rings is 1. The third kappa shape index (κ3) is 4.24. The third-order valence-corrected chi connectivity index (χ3v) is 3.39. The van der Waals surface area contributed by atoms with Gasteiger partial charge in [0.15, 0.2) is 0 Å². The molecule has 1 aromatic rings. The van der Waals surface area contributed by atoms with E-state index in [0.717, 1.165) is 25.3 Å². The van der Waals surface area contributed by atoms with Crippen molar-refractivity contribution in [3.05, 3.63) is 29.8 Å². The molecule has 4 nitrogen and oxygen atoms in total. The van der Waals surface area contributed by atoms with Crippen LogP contribution in [0.15, 0.2) is 24.3 Å². The van der Waals surface area contributed by atoms with Crippen LogP contribution >= 0.6 is 0 Å². The van der Waals surface area contributed by atoms with Gasteiger partial charge in [-0.2, -0.15) is 0 Å². The smallest absolute Gasteiger partial charge is 0.338 e. The highest BCUT2D eigenvalue weighted by molar-refractivity contribution is 5.89. The molecule has 0 aliphatic carbocycles. The van der Waals surface area contributed by atoms with E-state index in [1.165, 1.54) is 12.8 Å². The Kier molecular flexibility index (Phi) is 5.21. The van der Waals surface area contributed by atoms with Gasteiger partial charge in [0.2, 0.25) is 0 Å². The van der Waals surface area contributed by atoms with E-state index < -0.39 is 0 Å². The molecule has 0 saturated carbocycles. The maximum atomic E-state index is 11.5. The zero-order valence-corrected chi connectivity index (χ0v) is 11.4. The topological polar surface area (TPSA) is 50.4 Å². The van der Waals surface area contributed by atoms with Crippen LogP contribution in [0.2, 0.25) is 0 Å². The molecule has 19 heavy (non-hydrogen) atoms. The number of hydrogen-bond donors (Lipinski definition) is 2. The van der Waals surface area contributed by atoms with Crippen molar-refractivity contribution < 1.29 is 9.53 Å². The van der Waals surface area contributed by atoms with Gasteiger partial charge in [-0.3, -0.25) is 0 Å². The van der Waals surface area contributed by atoms with Gasteiger partial charge in [0, 0.05) is 12.2 Å². The highest BCUT2D eigenvalue weighted by Crippen LogP contribution is 2.14. The molecule has 0 amide bonds. The van der Waals surface area contributed by atoms with E-state index in [1.54, 1.807) is 12.1 Å². The molecule has 1 aromatic carbocycles. The summed E-state index contributed by atoms with van der Waals surface area (Å²) in [4.78, 5) is 11.5. The lowest BCUT2D eigenvalue weighted by Gasteiger charge is -2.23. The Hall–Kier alpha value is -1.55. The number of carbonyl (C=O) groups excluding carboxylic acids is 1. The predicted octanol–water partition coefficient (Wildman–Crippen LogP) is 2.27. The first-order chi connectivity index (χ1) is 9.29. The summed E-state index contributed by atoms with van der Waals surface area (Å²) in [6, 6.07) is 7.48. The monoisotopic (exact) mass is 262 g/mol. The summed E-state index contributed by atoms with van der Waals surface area (Å²) in [5, 5.41) is 6.83. The highest BCUT2D eigenvalue weighted by Gasteiger charge is 2.12. The van der Waals surface area contributed by atoms with Crippen LogP contribution in [0.5, 0.6) is 0 Å². The van der Waals surface area contributed by atoms with Crippen molar-refractivity contribution in [3.63, 3.8) is 0 Å². The van der Waals surface area contributed by atoms with Gasteiger partial charge < -0.3 is 15.4 Å². The quantitative estimate of drug-likeness (QED) is 0.799. The van der Waals surface area contributed by atoms with E-state index in [1.807, 2.05) is 19.1 Å². The van der Waals surface area contributed by atoms with Gasteiger partial charge in [-0.25, -0.2) is 4.79 Å². The first kappa shape index (κ1) is 13.9. The van der Waals surface area contributed by atoms with E-state index in [4.69, 9.17) is 4.74 Å². The molecule has 1 fully saturated rings. The lowest BCUT2D eigenvalue weighted by molar-refractivity contribution is 0.0526. The van der Waals surface area contributed by atoms with E-state index in [-0.39, 0.29) is 5.97 Å². The Labute approximate surface area is 114 Å². The molecular weight excluding hydrogens is 240 g/mol. The predicted molar refractivity (Wildman–Crippen MR) is 76.5 cm³/mol. The molecule has 2 N–H and O–H groups in total. The molecule has 1 heterocycles. The maximum Gasteiger partial charge on any atom is 0.338 e. The number of anilines is 1. The van der Waals surface area contributed by atoms with Crippen molar-refractivity contribution in [2.45, 2.75) is 19.8 Å². The Balaban J connectivity index is 1.82. The largest absolute Gasteiger partial charge is 0.462 e. The van der Waals surface area contributed by atoms with Gasteiger partial charge in [0.1, 0.15) is 0 Å². The number of rotatable bonds is 5. The molecule has 1 atom stereocenters. The second kappa shape index (κ2) is 7.14. The van der Waals surface area contributed by atoms with Crippen LogP contribution in [-0.2, 0) is 4.74 Å². The minimum absolute atomic E-state index is 0.259. The molecule has 1 saturated heterocycles. The second-order valence-electron chi connectivity index (χ2n) is 4.89. The van der Waals surface area contributed by atoms with Crippen molar-refractivity contribution in [3.8, 4) is 0 Å². The fraction of sp³-hybridized carbons (Fsp3) is 0.533. The van der Waals surface area contributed by atoms with Gasteiger partial charge in [-0.1, -0.05) is 0 Å². The number of nitrogens with one attached hydrogen (secondary N) is 2. The lowest BCUT2D eigenvalue weighted by Crippen LogP contribution is -2.33. The van der Waals surface area contributed by atoms with Crippen LogP contribution < -0.4 is 10.6 Å². The molecule has 1 unspecified atom stereocenters. The molecule has 0 spiro atoms. The fourth-order valence-electron chi connectivity index (χ4n) is 2.30. The number of carbonyl (C=O) groups is 1. The molecule has 4 heteroatoms. The summed E-state index contributed by atoms with van der Waals surface area (Å²) in [6.07, 6.45) is 2.54. The first-order valence-electron chi connectivity index (χ1n) is 7.01. The molecule has 0 radical (unpaired) electrons. The molecule has 1 aliphatic heterocycles. The highest BCUT2D eigenvalue weighted by atomic mass is 16.5. The van der Waals surface area contributed by atoms with Crippen LogP contribution in [0.25, 0.3) is 0 Å². The normalized spacial score (nSPS) is 18.9. The molecule has 104 valence electrons. The molecule has 0 aromatic heterocycles. The van der Waals surface area contributed by atoms with E-state index in [0.29, 0.717) is 18.1 Å². The molecule has 2 rings (SSSR count). The van der Waals surface area contributed by atoms with Crippen molar-refractivity contribution in [2.24, 2.45) is 5.92 Å². The average molecular weight is 262 g/mol. The van der Waals surface area contributed by atoms with Gasteiger partial charge in [-0.15, -0.1) is 0 Å². The van der Waals surface area contributed by atoms with Crippen LogP contribution in [0.3, 0.4) is 0 Å².